The number of nitrogens with zero attached hydrogens (tertiary/aromatic N) is 2. The van der Waals surface area contributed by atoms with E-state index in [-0.39, 0.29) is 12.6 Å². The highest BCUT2D eigenvalue weighted by Gasteiger charge is 2.49. The van der Waals surface area contributed by atoms with E-state index in [1.807, 2.05) is 0 Å². The minimum absolute atomic E-state index is 0.149. The van der Waals surface area contributed by atoms with Gasteiger partial charge in [-0.3, -0.25) is 14.2 Å². The average molecular weight is 350 g/mol. The van der Waals surface area contributed by atoms with Crippen molar-refractivity contribution in [2.24, 2.45) is 0 Å². The Hall–Kier alpha value is -1.47. The zero-order valence-electron chi connectivity index (χ0n) is 12.2. The molecule has 12 heteroatoms. The fraction of sp³-hybridized carbons (Fsp3) is 0.818. The highest BCUT2D eigenvalue weighted by molar-refractivity contribution is 7.80. The van der Waals surface area contributed by atoms with Gasteiger partial charge in [-0.2, -0.15) is 13.5 Å². The molecule has 0 radical (unpaired) electrons. The van der Waals surface area contributed by atoms with E-state index in [1.165, 1.54) is 4.90 Å². The summed E-state index contributed by atoms with van der Waals surface area (Å²) in [6, 6.07) is -1.83. The Labute approximate surface area is 132 Å². The van der Waals surface area contributed by atoms with Gasteiger partial charge in [-0.25, -0.2) is 10.3 Å². The van der Waals surface area contributed by atoms with Crippen molar-refractivity contribution in [2.45, 2.75) is 37.4 Å². The van der Waals surface area contributed by atoms with Crippen molar-refractivity contribution < 1.29 is 31.7 Å². The van der Waals surface area contributed by atoms with Gasteiger partial charge in [-0.15, -0.1) is 4.28 Å². The second-order valence-corrected chi connectivity index (χ2v) is 6.73. The molecule has 0 aromatic rings. The third kappa shape index (κ3) is 3.55. The fourth-order valence-corrected chi connectivity index (χ4v) is 3.26. The summed E-state index contributed by atoms with van der Waals surface area (Å²) in [5, 5.41) is 3.71. The van der Waals surface area contributed by atoms with Crippen LogP contribution in [0.3, 0.4) is 0 Å². The monoisotopic (exact) mass is 350 g/mol. The summed E-state index contributed by atoms with van der Waals surface area (Å²) in [6.45, 7) is 1.42. The molecule has 23 heavy (non-hydrogen) atoms. The van der Waals surface area contributed by atoms with Crippen LogP contribution in [0, 0.1) is 0 Å². The number of urea groups is 1. The van der Waals surface area contributed by atoms with E-state index in [0.29, 0.717) is 24.5 Å². The van der Waals surface area contributed by atoms with E-state index in [4.69, 9.17) is 9.39 Å². The van der Waals surface area contributed by atoms with Crippen LogP contribution in [0.15, 0.2) is 0 Å². The highest BCUT2D eigenvalue weighted by atomic mass is 32.3. The fourth-order valence-electron chi connectivity index (χ4n) is 2.88. The van der Waals surface area contributed by atoms with Crippen LogP contribution in [0.25, 0.3) is 0 Å². The van der Waals surface area contributed by atoms with Gasteiger partial charge in [0.1, 0.15) is 6.04 Å². The molecule has 3 aliphatic rings. The molecule has 130 valence electrons. The van der Waals surface area contributed by atoms with Gasteiger partial charge in [0.05, 0.1) is 12.6 Å². The first-order valence-electron chi connectivity index (χ1n) is 7.27. The van der Waals surface area contributed by atoms with Gasteiger partial charge >= 0.3 is 16.4 Å². The van der Waals surface area contributed by atoms with E-state index in [9.17, 15) is 18.0 Å². The van der Waals surface area contributed by atoms with E-state index in [1.54, 1.807) is 0 Å². The first-order valence-corrected chi connectivity index (χ1v) is 8.63. The molecule has 0 aliphatic carbocycles. The van der Waals surface area contributed by atoms with Crippen LogP contribution in [-0.2, 0) is 24.3 Å². The van der Waals surface area contributed by atoms with E-state index >= 15 is 0 Å². The maximum atomic E-state index is 12.1. The summed E-state index contributed by atoms with van der Waals surface area (Å²) in [4.78, 5) is 30.6. The normalized spacial score (nSPS) is 30.3. The van der Waals surface area contributed by atoms with Gasteiger partial charge in [0, 0.05) is 12.6 Å². The molecule has 3 aliphatic heterocycles. The van der Waals surface area contributed by atoms with Crippen LogP contribution in [-0.4, -0.2) is 72.7 Å². The molecule has 3 rings (SSSR count). The molecule has 0 aromatic heterocycles. The van der Waals surface area contributed by atoms with Crippen molar-refractivity contribution in [1.82, 2.24) is 20.8 Å². The predicted octanol–water partition coefficient (Wildman–Crippen LogP) is -1.60. The van der Waals surface area contributed by atoms with Crippen molar-refractivity contribution in [3.05, 3.63) is 0 Å². The van der Waals surface area contributed by atoms with E-state index in [2.05, 4.69) is 15.1 Å². The first-order chi connectivity index (χ1) is 10.8. The van der Waals surface area contributed by atoms with Gasteiger partial charge in [-0.1, -0.05) is 0 Å². The smallest absolute Gasteiger partial charge is 0.311 e. The Morgan fingerprint density at radius 2 is 2.13 bits per heavy atom. The number of piperidine rings is 1. The number of hydrogen-bond acceptors (Lipinski definition) is 7. The molecule has 3 atom stereocenters. The highest BCUT2D eigenvalue weighted by Crippen LogP contribution is 2.30. The standard InChI is InChI=1S/C11H18N4O7S/c16-10(13-21-6-7-3-4-12-7)9-2-1-8-5-14(9)11(17)15(8)22-23(18,19)20/h7-9,12H,1-6H2,(H,13,16)(H,18,19,20)/t7-,8+,9-/m0/s1. The van der Waals surface area contributed by atoms with Crippen LogP contribution in [0.1, 0.15) is 19.3 Å². The van der Waals surface area contributed by atoms with Crippen molar-refractivity contribution >= 4 is 22.3 Å². The van der Waals surface area contributed by atoms with Crippen molar-refractivity contribution in [3.63, 3.8) is 0 Å². The Morgan fingerprint density at radius 1 is 1.39 bits per heavy atom. The van der Waals surface area contributed by atoms with Crippen molar-refractivity contribution in [3.8, 4) is 0 Å². The second-order valence-electron chi connectivity index (χ2n) is 5.73. The SMILES string of the molecule is O=C(NOC[C@@H]1CCN1)[C@@H]1CC[C@@H]2CN1C(=O)N2OS(=O)(=O)O. The third-order valence-corrected chi connectivity index (χ3v) is 4.53. The van der Waals surface area contributed by atoms with Crippen LogP contribution in [0.2, 0.25) is 0 Å². The lowest BCUT2D eigenvalue weighted by atomic mass is 10.0. The van der Waals surface area contributed by atoms with Gasteiger partial charge in [0.15, 0.2) is 0 Å². The molecular weight excluding hydrogens is 332 g/mol. The van der Waals surface area contributed by atoms with Gasteiger partial charge in [0.2, 0.25) is 0 Å². The predicted molar refractivity (Wildman–Crippen MR) is 73.9 cm³/mol. The minimum Gasteiger partial charge on any atom is -0.311 e. The topological polar surface area (TPSA) is 138 Å². The molecule has 0 saturated carbocycles. The third-order valence-electron chi connectivity index (χ3n) is 4.18. The quantitative estimate of drug-likeness (QED) is 0.385. The average Bonchev–Trinajstić information content (AvgIpc) is 2.65. The number of fused-ring (bicyclic) bond motifs is 2. The van der Waals surface area contributed by atoms with Crippen LogP contribution in [0.4, 0.5) is 4.79 Å². The maximum absolute atomic E-state index is 12.1. The Bertz CT molecular complexity index is 593. The molecule has 11 nitrogen and oxygen atoms in total. The molecule has 3 amide bonds. The molecule has 3 fully saturated rings. The first kappa shape index (κ1) is 16.4. The van der Waals surface area contributed by atoms with Gasteiger partial charge in [-0.05, 0) is 25.8 Å². The lowest BCUT2D eigenvalue weighted by Crippen LogP contribution is -2.51. The molecule has 3 saturated heterocycles. The number of nitrogens with one attached hydrogen (secondary N) is 2. The summed E-state index contributed by atoms with van der Waals surface area (Å²) >= 11 is 0. The lowest BCUT2D eigenvalue weighted by molar-refractivity contribution is -0.139. The Kier molecular flexibility index (Phi) is 4.42. The van der Waals surface area contributed by atoms with Crippen molar-refractivity contribution in [1.29, 1.82) is 0 Å². The summed E-state index contributed by atoms with van der Waals surface area (Å²) < 4.78 is 34.6. The molecule has 0 unspecified atom stereocenters. The number of hydroxylamine groups is 3. The van der Waals surface area contributed by atoms with Crippen LogP contribution >= 0.6 is 0 Å². The Morgan fingerprint density at radius 3 is 2.74 bits per heavy atom. The number of carbonyl (C=O) groups is 2. The summed E-state index contributed by atoms with van der Waals surface area (Å²) in [5.41, 5.74) is 2.32. The molecule has 3 heterocycles. The summed E-state index contributed by atoms with van der Waals surface area (Å²) in [5.74, 6) is -0.468. The Balaban J connectivity index is 1.56. The lowest BCUT2D eigenvalue weighted by Gasteiger charge is -2.30. The zero-order chi connectivity index (χ0) is 16.6. The van der Waals surface area contributed by atoms with Gasteiger partial charge < -0.3 is 10.2 Å². The molecular formula is C11H18N4O7S. The number of amides is 3. The van der Waals surface area contributed by atoms with Crippen LogP contribution < -0.4 is 10.8 Å². The second kappa shape index (κ2) is 6.20. The number of rotatable bonds is 6. The van der Waals surface area contributed by atoms with Crippen LogP contribution in [0.5, 0.6) is 0 Å². The molecule has 0 spiro atoms. The molecule has 2 bridgehead atoms. The number of carbonyl (C=O) groups excluding carboxylic acids is 2. The summed E-state index contributed by atoms with van der Waals surface area (Å²) in [7, 11) is -4.79. The van der Waals surface area contributed by atoms with Gasteiger partial charge in [0.25, 0.3) is 5.91 Å². The molecule has 0 aromatic carbocycles. The largest absolute Gasteiger partial charge is 0.418 e. The van der Waals surface area contributed by atoms with E-state index in [0.717, 1.165) is 13.0 Å². The maximum Gasteiger partial charge on any atom is 0.418 e. The zero-order valence-corrected chi connectivity index (χ0v) is 13.0. The van der Waals surface area contributed by atoms with E-state index < -0.39 is 34.4 Å². The number of hydrogen-bond donors (Lipinski definition) is 3. The van der Waals surface area contributed by atoms with Crippen molar-refractivity contribution in [2.75, 3.05) is 19.7 Å². The summed E-state index contributed by atoms with van der Waals surface area (Å²) in [6.07, 6.45) is 1.70. The minimum atomic E-state index is -4.79. The molecule has 3 N–H and O–H groups in total.